The number of hydrogen-bond acceptors (Lipinski definition) is 14. The highest BCUT2D eigenvalue weighted by atomic mass is 16.7. The smallest absolute Gasteiger partial charge is 0.311 e. The first-order chi connectivity index (χ1) is 24.7. The van der Waals surface area contributed by atoms with Crippen molar-refractivity contribution in [3.63, 3.8) is 0 Å². The summed E-state index contributed by atoms with van der Waals surface area (Å²) in [6.45, 7) is 19.5. The molecule has 17 atom stereocenters. The van der Waals surface area contributed by atoms with Crippen molar-refractivity contribution in [2.45, 2.75) is 159 Å². The van der Waals surface area contributed by atoms with Crippen LogP contribution in [0.5, 0.6) is 0 Å². The van der Waals surface area contributed by atoms with E-state index in [1.54, 1.807) is 34.0 Å². The molecule has 3 aliphatic rings. The zero-order valence-electron chi connectivity index (χ0n) is 34.6. The summed E-state index contributed by atoms with van der Waals surface area (Å²) in [5.41, 5.74) is -2.06. The molecule has 3 saturated heterocycles. The fourth-order valence-electron chi connectivity index (χ4n) is 8.37. The van der Waals surface area contributed by atoms with Crippen LogP contribution in [0.15, 0.2) is 12.7 Å². The maximum Gasteiger partial charge on any atom is 0.311 e. The molecule has 0 aromatic heterocycles. The van der Waals surface area contributed by atoms with E-state index in [4.69, 9.17) is 37.9 Å². The predicted molar refractivity (Wildman–Crippen MR) is 199 cm³/mol. The number of aliphatic hydroxyl groups is 3. The van der Waals surface area contributed by atoms with Crippen molar-refractivity contribution in [3.8, 4) is 0 Å². The van der Waals surface area contributed by atoms with Crippen molar-refractivity contribution in [2.24, 2.45) is 17.8 Å². The first kappa shape index (κ1) is 46.1. The van der Waals surface area contributed by atoms with E-state index >= 15 is 0 Å². The first-order valence-corrected chi connectivity index (χ1v) is 19.3. The van der Waals surface area contributed by atoms with Gasteiger partial charge in [0.05, 0.1) is 60.9 Å². The van der Waals surface area contributed by atoms with Crippen LogP contribution < -0.4 is 0 Å². The molecule has 0 aliphatic carbocycles. The normalized spacial score (nSPS) is 45.8. The number of hydrogen-bond donors (Lipinski definition) is 3. The molecule has 0 radical (unpaired) electrons. The second-order valence-corrected chi connectivity index (χ2v) is 16.6. The van der Waals surface area contributed by atoms with Crippen LogP contribution in [0.2, 0.25) is 0 Å². The lowest BCUT2D eigenvalue weighted by molar-refractivity contribution is -0.319. The fourth-order valence-corrected chi connectivity index (χ4v) is 8.37. The van der Waals surface area contributed by atoms with Gasteiger partial charge in [-0.3, -0.25) is 9.69 Å². The van der Waals surface area contributed by atoms with E-state index < -0.39 is 84.3 Å². The van der Waals surface area contributed by atoms with Gasteiger partial charge in [0.1, 0.15) is 18.3 Å². The molecule has 14 heteroatoms. The molecule has 14 nitrogen and oxygen atoms in total. The zero-order valence-corrected chi connectivity index (χ0v) is 34.6. The Bertz CT molecular complexity index is 1150. The maximum atomic E-state index is 14.3. The van der Waals surface area contributed by atoms with Crippen molar-refractivity contribution >= 4 is 5.97 Å². The number of esters is 1. The molecule has 0 amide bonds. The lowest BCUT2D eigenvalue weighted by Gasteiger charge is -2.50. The van der Waals surface area contributed by atoms with Crippen molar-refractivity contribution in [1.29, 1.82) is 0 Å². The Labute approximate surface area is 318 Å². The number of ether oxygens (including phenoxy) is 8. The van der Waals surface area contributed by atoms with E-state index in [9.17, 15) is 20.1 Å². The number of carbonyl (C=O) groups excluding carboxylic acids is 1. The van der Waals surface area contributed by atoms with E-state index in [2.05, 4.69) is 6.58 Å². The lowest BCUT2D eigenvalue weighted by Crippen LogP contribution is -2.61. The fraction of sp³-hybridized carbons (Fsp3) is 0.923. The summed E-state index contributed by atoms with van der Waals surface area (Å²) in [5, 5.41) is 34.3. The van der Waals surface area contributed by atoms with Gasteiger partial charge in [-0.05, 0) is 81.4 Å². The molecule has 3 N–H and O–H groups in total. The average molecular weight is 761 g/mol. The zero-order chi connectivity index (χ0) is 40.0. The monoisotopic (exact) mass is 761 g/mol. The largest absolute Gasteiger partial charge is 0.458 e. The van der Waals surface area contributed by atoms with Gasteiger partial charge in [-0.25, -0.2) is 0 Å². The molecule has 0 bridgehead atoms. The second kappa shape index (κ2) is 19.7. The van der Waals surface area contributed by atoms with Crippen molar-refractivity contribution in [3.05, 3.63) is 12.7 Å². The van der Waals surface area contributed by atoms with Crippen LogP contribution in [-0.4, -0.2) is 171 Å². The Morgan fingerprint density at radius 1 is 0.962 bits per heavy atom. The van der Waals surface area contributed by atoms with Crippen molar-refractivity contribution < 1.29 is 58.0 Å². The van der Waals surface area contributed by atoms with Gasteiger partial charge in [0.2, 0.25) is 0 Å². The van der Waals surface area contributed by atoms with Crippen molar-refractivity contribution in [1.82, 2.24) is 9.80 Å². The molecule has 3 aliphatic heterocycles. The van der Waals surface area contributed by atoms with Crippen LogP contribution in [0.1, 0.15) is 74.7 Å². The van der Waals surface area contributed by atoms with Gasteiger partial charge in [0, 0.05) is 45.2 Å². The van der Waals surface area contributed by atoms with E-state index in [1.807, 2.05) is 65.6 Å². The highest BCUT2D eigenvalue weighted by molar-refractivity contribution is 5.73. The SMILES string of the molecule is C=CCOC[C@@H]1CN(C)[C@@H](C)[C@@H](O)[C@H](C)C[C@](C)(OC)[C@H](O[C@@H]2O[C@H](C)C[C@H](N(C)C)[C@H]2O)[C@@H](C)[C@H](OC2C[C@@](C)(OC)[C@@H](O)[C@H](C)O2)[C@@H](C)C(=O)O1. The summed E-state index contributed by atoms with van der Waals surface area (Å²) < 4.78 is 50.3. The van der Waals surface area contributed by atoms with E-state index in [1.165, 1.54) is 7.11 Å². The minimum Gasteiger partial charge on any atom is -0.458 e. The van der Waals surface area contributed by atoms with Crippen LogP contribution in [-0.2, 0) is 42.7 Å². The Morgan fingerprint density at radius 2 is 1.60 bits per heavy atom. The third-order valence-electron chi connectivity index (χ3n) is 12.1. The molecule has 310 valence electrons. The average Bonchev–Trinajstić information content (AvgIpc) is 3.10. The number of cyclic esters (lactones) is 1. The van der Waals surface area contributed by atoms with Gasteiger partial charge >= 0.3 is 5.97 Å². The maximum absolute atomic E-state index is 14.3. The number of carbonyl (C=O) groups is 1. The molecule has 3 rings (SSSR count). The van der Waals surface area contributed by atoms with Gasteiger partial charge in [-0.15, -0.1) is 6.58 Å². The minimum absolute atomic E-state index is 0.122. The molecule has 53 heavy (non-hydrogen) atoms. The number of methoxy groups -OCH3 is 2. The number of likely N-dealkylation sites (N-methyl/N-ethyl adjacent to an activating group) is 2. The third kappa shape index (κ3) is 11.2. The van der Waals surface area contributed by atoms with E-state index in [0.717, 1.165) is 0 Å². The Kier molecular flexibility index (Phi) is 17.2. The highest BCUT2D eigenvalue weighted by Crippen LogP contribution is 2.41. The van der Waals surface area contributed by atoms with Gasteiger partial charge in [0.15, 0.2) is 12.6 Å². The molecule has 3 heterocycles. The minimum atomic E-state index is -1.08. The standard InChI is InChI=1S/C39H72N2O12/c1-15-16-48-21-28-20-41(12)26(6)31(42)22(2)18-39(9,47-14)35(53-37-32(43)29(40(10)11)17-23(3)49-37)24(4)33(25(5)36(45)51-28)52-30-19-38(8,46-13)34(44)27(7)50-30/h15,22-35,37,42-44H,1,16-21H2,2-14H3/t22-,23-,24+,25-,26+,27+,28+,29+,30?,31+,32-,33+,34+,35-,37+,38-,39+/m1/s1. The topological polar surface area (TPSA) is 158 Å². The summed E-state index contributed by atoms with van der Waals surface area (Å²) in [6, 6.07) is -0.555. The summed E-state index contributed by atoms with van der Waals surface area (Å²) >= 11 is 0. The molecule has 0 spiro atoms. The molecular weight excluding hydrogens is 688 g/mol. The van der Waals surface area contributed by atoms with Gasteiger partial charge < -0.3 is 58.1 Å². The molecule has 0 aromatic rings. The lowest BCUT2D eigenvalue weighted by atomic mass is 9.76. The number of aliphatic hydroxyl groups excluding tert-OH is 3. The first-order valence-electron chi connectivity index (χ1n) is 19.3. The van der Waals surface area contributed by atoms with Gasteiger partial charge in [-0.2, -0.15) is 0 Å². The van der Waals surface area contributed by atoms with Crippen LogP contribution in [0.25, 0.3) is 0 Å². The van der Waals surface area contributed by atoms with Crippen LogP contribution >= 0.6 is 0 Å². The highest BCUT2D eigenvalue weighted by Gasteiger charge is 2.52. The quantitative estimate of drug-likeness (QED) is 0.160. The van der Waals surface area contributed by atoms with Crippen LogP contribution in [0.3, 0.4) is 0 Å². The van der Waals surface area contributed by atoms with E-state index in [0.29, 0.717) is 19.4 Å². The Hall–Kier alpha value is -1.27. The number of nitrogens with zero attached hydrogens (tertiary/aromatic N) is 2. The molecule has 0 saturated carbocycles. The summed E-state index contributed by atoms with van der Waals surface area (Å²) in [7, 11) is 8.85. The molecule has 1 unspecified atom stereocenters. The summed E-state index contributed by atoms with van der Waals surface area (Å²) in [5.74, 6) is -2.29. The van der Waals surface area contributed by atoms with Crippen LogP contribution in [0.4, 0.5) is 0 Å². The predicted octanol–water partition coefficient (Wildman–Crippen LogP) is 2.60. The molecule has 0 aromatic carbocycles. The molecule has 3 fully saturated rings. The summed E-state index contributed by atoms with van der Waals surface area (Å²) in [6.07, 6.45) is -5.09. The Balaban J connectivity index is 2.17. The van der Waals surface area contributed by atoms with E-state index in [-0.39, 0.29) is 43.7 Å². The Morgan fingerprint density at radius 3 is 2.19 bits per heavy atom. The van der Waals surface area contributed by atoms with Gasteiger partial charge in [-0.1, -0.05) is 19.9 Å². The van der Waals surface area contributed by atoms with Crippen molar-refractivity contribution in [2.75, 3.05) is 55.1 Å². The molecular formula is C39H72N2O12. The summed E-state index contributed by atoms with van der Waals surface area (Å²) in [4.78, 5) is 18.2. The second-order valence-electron chi connectivity index (χ2n) is 16.6. The van der Waals surface area contributed by atoms with Crippen LogP contribution in [0, 0.1) is 17.8 Å². The number of rotatable bonds is 11. The third-order valence-corrected chi connectivity index (χ3v) is 12.1. The van der Waals surface area contributed by atoms with Gasteiger partial charge in [0.25, 0.3) is 0 Å².